The first kappa shape index (κ1) is 12.1. The summed E-state index contributed by atoms with van der Waals surface area (Å²) in [5.41, 5.74) is 4.88. The molecule has 4 rings (SSSR count). The van der Waals surface area contributed by atoms with E-state index in [1.54, 1.807) is 0 Å². The summed E-state index contributed by atoms with van der Waals surface area (Å²) in [5, 5.41) is 3.84. The van der Waals surface area contributed by atoms with Gasteiger partial charge in [0.2, 0.25) is 11.2 Å². The minimum Gasteiger partial charge on any atom is -0.204 e. The van der Waals surface area contributed by atoms with Crippen LogP contribution in [0.3, 0.4) is 0 Å². The van der Waals surface area contributed by atoms with E-state index < -0.39 is 0 Å². The first-order chi connectivity index (χ1) is 10.3. The lowest BCUT2D eigenvalue weighted by molar-refractivity contribution is -0.330. The van der Waals surface area contributed by atoms with Crippen LogP contribution in [0, 0.1) is 6.92 Å². The lowest BCUT2D eigenvalue weighted by atomic mass is 10.0. The van der Waals surface area contributed by atoms with Gasteiger partial charge in [0.1, 0.15) is 0 Å². The summed E-state index contributed by atoms with van der Waals surface area (Å²) in [6.07, 6.45) is 0. The second-order valence-corrected chi connectivity index (χ2v) is 5.43. The molecular weight excluding hydrogens is 254 g/mol. The molecule has 1 N–H and O–H groups in total. The van der Waals surface area contributed by atoms with E-state index in [1.807, 2.05) is 0 Å². The fourth-order valence-corrected chi connectivity index (χ4v) is 2.97. The molecule has 100 valence electrons. The molecule has 0 aliphatic rings. The maximum absolute atomic E-state index is 3.58. The van der Waals surface area contributed by atoms with Gasteiger partial charge in [0.25, 0.3) is 0 Å². The molecule has 0 radical (unpaired) electrons. The summed E-state index contributed by atoms with van der Waals surface area (Å²) in [6, 6.07) is 25.7. The van der Waals surface area contributed by atoms with Gasteiger partial charge in [-0.25, -0.2) is 4.98 Å². The quantitative estimate of drug-likeness (QED) is 0.442. The third kappa shape index (κ3) is 1.98. The predicted molar refractivity (Wildman–Crippen MR) is 88.2 cm³/mol. The average Bonchev–Trinajstić information content (AvgIpc) is 2.54. The van der Waals surface area contributed by atoms with Crippen LogP contribution in [0.25, 0.3) is 32.9 Å². The van der Waals surface area contributed by atoms with Crippen LogP contribution in [0.2, 0.25) is 0 Å². The van der Waals surface area contributed by atoms with E-state index in [-0.39, 0.29) is 0 Å². The average molecular weight is 270 g/mol. The first-order valence-electron chi connectivity index (χ1n) is 7.23. The van der Waals surface area contributed by atoms with Crippen molar-refractivity contribution in [2.45, 2.75) is 6.92 Å². The van der Waals surface area contributed by atoms with Gasteiger partial charge in [-0.1, -0.05) is 42.5 Å². The van der Waals surface area contributed by atoms with Crippen molar-refractivity contribution in [1.29, 1.82) is 0 Å². The summed E-state index contributed by atoms with van der Waals surface area (Å²) < 4.78 is 0. The summed E-state index contributed by atoms with van der Waals surface area (Å²) in [4.78, 5) is 3.58. The smallest absolute Gasteiger partial charge is 0.204 e. The lowest BCUT2D eigenvalue weighted by Gasteiger charge is -2.03. The Morgan fingerprint density at radius 1 is 0.667 bits per heavy atom. The van der Waals surface area contributed by atoms with E-state index in [1.165, 1.54) is 32.8 Å². The van der Waals surface area contributed by atoms with Crippen molar-refractivity contribution in [3.63, 3.8) is 0 Å². The maximum Gasteiger partial charge on any atom is 0.211 e. The zero-order valence-corrected chi connectivity index (χ0v) is 11.9. The van der Waals surface area contributed by atoms with Crippen LogP contribution in [-0.4, -0.2) is 0 Å². The molecule has 0 saturated carbocycles. The van der Waals surface area contributed by atoms with Gasteiger partial charge in [-0.2, -0.15) is 0 Å². The zero-order chi connectivity index (χ0) is 14.2. The second-order valence-electron chi connectivity index (χ2n) is 5.43. The van der Waals surface area contributed by atoms with Gasteiger partial charge in [0, 0.05) is 17.7 Å². The molecule has 1 heteroatoms. The van der Waals surface area contributed by atoms with Crippen LogP contribution in [0.5, 0.6) is 0 Å². The zero-order valence-electron chi connectivity index (χ0n) is 11.9. The molecule has 0 aliphatic carbocycles. The Kier molecular flexibility index (Phi) is 2.71. The van der Waals surface area contributed by atoms with Crippen molar-refractivity contribution in [2.75, 3.05) is 0 Å². The van der Waals surface area contributed by atoms with Crippen LogP contribution in [0.1, 0.15) is 5.56 Å². The summed E-state index contributed by atoms with van der Waals surface area (Å²) in [5.74, 6) is 0. The van der Waals surface area contributed by atoms with E-state index in [4.69, 9.17) is 0 Å². The summed E-state index contributed by atoms with van der Waals surface area (Å²) >= 11 is 0. The Morgan fingerprint density at radius 3 is 2.38 bits per heavy atom. The Labute approximate surface area is 123 Å². The highest BCUT2D eigenvalue weighted by Gasteiger charge is 2.11. The highest BCUT2D eigenvalue weighted by molar-refractivity contribution is 6.05. The van der Waals surface area contributed by atoms with Crippen molar-refractivity contribution in [1.82, 2.24) is 0 Å². The molecule has 0 aliphatic heterocycles. The van der Waals surface area contributed by atoms with Gasteiger partial charge in [0.15, 0.2) is 0 Å². The third-order valence-electron chi connectivity index (χ3n) is 4.09. The van der Waals surface area contributed by atoms with E-state index in [9.17, 15) is 0 Å². The van der Waals surface area contributed by atoms with Gasteiger partial charge in [-0.3, -0.25) is 0 Å². The molecule has 0 saturated heterocycles. The first-order valence-corrected chi connectivity index (χ1v) is 7.23. The summed E-state index contributed by atoms with van der Waals surface area (Å²) in [6.45, 7) is 2.15. The number of H-pyrrole nitrogens is 1. The van der Waals surface area contributed by atoms with Gasteiger partial charge >= 0.3 is 0 Å². The number of rotatable bonds is 1. The molecule has 1 aromatic heterocycles. The Hall–Kier alpha value is -2.67. The van der Waals surface area contributed by atoms with E-state index in [0.717, 1.165) is 5.69 Å². The molecule has 0 unspecified atom stereocenters. The number of aromatic amines is 1. The van der Waals surface area contributed by atoms with E-state index in [0.29, 0.717) is 0 Å². The molecule has 1 heterocycles. The second kappa shape index (κ2) is 4.71. The van der Waals surface area contributed by atoms with Crippen LogP contribution in [0.15, 0.2) is 72.8 Å². The summed E-state index contributed by atoms with van der Waals surface area (Å²) in [7, 11) is 0. The van der Waals surface area contributed by atoms with E-state index in [2.05, 4.69) is 84.7 Å². The van der Waals surface area contributed by atoms with E-state index >= 15 is 0 Å². The number of pyridine rings is 1. The number of fused-ring (bicyclic) bond motifs is 3. The van der Waals surface area contributed by atoms with Gasteiger partial charge in [-0.15, -0.1) is 0 Å². The number of hydrogen-bond donors (Lipinski definition) is 0. The predicted octanol–water partition coefficient (Wildman–Crippen LogP) is 4.78. The molecule has 0 atom stereocenters. The monoisotopic (exact) mass is 270 g/mol. The van der Waals surface area contributed by atoms with Crippen LogP contribution in [0.4, 0.5) is 0 Å². The van der Waals surface area contributed by atoms with Crippen molar-refractivity contribution >= 4 is 21.7 Å². The van der Waals surface area contributed by atoms with Crippen LogP contribution >= 0.6 is 0 Å². The Morgan fingerprint density at radius 2 is 1.48 bits per heavy atom. The fourth-order valence-electron chi connectivity index (χ4n) is 2.97. The van der Waals surface area contributed by atoms with Crippen molar-refractivity contribution < 1.29 is 4.98 Å². The maximum atomic E-state index is 3.58. The highest BCUT2D eigenvalue weighted by atomic mass is 14.7. The third-order valence-corrected chi connectivity index (χ3v) is 4.09. The largest absolute Gasteiger partial charge is 0.211 e. The molecule has 0 fully saturated rings. The number of aromatic nitrogens is 1. The molecule has 3 aromatic carbocycles. The molecule has 21 heavy (non-hydrogen) atoms. The Bertz CT molecular complexity index is 954. The van der Waals surface area contributed by atoms with Crippen LogP contribution < -0.4 is 4.98 Å². The number of benzene rings is 3. The van der Waals surface area contributed by atoms with Crippen molar-refractivity contribution in [3.8, 4) is 11.3 Å². The molecule has 0 amide bonds. The minimum atomic E-state index is 1.16. The SMILES string of the molecule is Cc1ccccc1-c1ccc2c(ccc3ccccc32)[nH+]1. The van der Waals surface area contributed by atoms with Crippen molar-refractivity contribution in [2.24, 2.45) is 0 Å². The van der Waals surface area contributed by atoms with Crippen LogP contribution in [-0.2, 0) is 0 Å². The Balaban J connectivity index is 1.99. The highest BCUT2D eigenvalue weighted by Crippen LogP contribution is 2.25. The van der Waals surface area contributed by atoms with Crippen molar-refractivity contribution in [3.05, 3.63) is 78.4 Å². The topological polar surface area (TPSA) is 14.1 Å². The molecular formula is C20H16N+. The normalized spacial score (nSPS) is 11.1. The molecule has 1 nitrogen and oxygen atoms in total. The molecule has 0 spiro atoms. The van der Waals surface area contributed by atoms with Gasteiger partial charge < -0.3 is 0 Å². The van der Waals surface area contributed by atoms with Gasteiger partial charge in [-0.05, 0) is 41.5 Å². The number of hydrogen-bond acceptors (Lipinski definition) is 0. The number of nitrogens with one attached hydrogen (secondary N) is 1. The number of aryl methyl sites for hydroxylation is 1. The lowest BCUT2D eigenvalue weighted by Crippen LogP contribution is -2.08. The van der Waals surface area contributed by atoms with Gasteiger partial charge in [0.05, 0.1) is 5.39 Å². The minimum absolute atomic E-state index is 1.16. The molecule has 4 aromatic rings. The fraction of sp³-hybridized carbons (Fsp3) is 0.0500. The standard InChI is InChI=1S/C20H15N/c1-14-6-2-4-8-16(14)19-13-11-18-17-9-5-3-7-15(17)10-12-20(18)21-19/h2-13H,1H3/p+1. The molecule has 0 bridgehead atoms.